The molecule has 2 aromatic rings. The number of piperidine rings is 1. The van der Waals surface area contributed by atoms with Gasteiger partial charge in [-0.3, -0.25) is 10.0 Å². The van der Waals surface area contributed by atoms with E-state index in [4.69, 9.17) is 14.2 Å². The maximum absolute atomic E-state index is 12.7. The molecule has 2 aliphatic rings. The van der Waals surface area contributed by atoms with Gasteiger partial charge in [0.05, 0.1) is 24.3 Å². The topological polar surface area (TPSA) is 80.3 Å². The molecule has 4 rings (SSSR count). The van der Waals surface area contributed by atoms with Gasteiger partial charge in [-0.15, -0.1) is 0 Å². The number of carbonyl (C=O) groups excluding carboxylic acids is 1. The van der Waals surface area contributed by atoms with Crippen molar-refractivity contribution in [2.45, 2.75) is 49.0 Å². The van der Waals surface area contributed by atoms with Crippen LogP contribution < -0.4 is 15.0 Å². The summed E-state index contributed by atoms with van der Waals surface area (Å²) >= 11 is 1.40. The maximum Gasteiger partial charge on any atom is 0.416 e. The normalized spacial score (nSPS) is 18.3. The molecule has 0 atom stereocenters. The minimum atomic E-state index is -4.37. The molecular formula is C24H27F3N2O5S. The number of halogens is 3. The first-order valence-electron chi connectivity index (χ1n) is 11.4. The molecular weight excluding hydrogens is 485 g/mol. The van der Waals surface area contributed by atoms with Gasteiger partial charge in [0.2, 0.25) is 0 Å². The Labute approximate surface area is 205 Å². The number of ether oxygens (including phenoxy) is 3. The highest BCUT2D eigenvalue weighted by Crippen LogP contribution is 2.36. The van der Waals surface area contributed by atoms with Crippen LogP contribution in [0.4, 0.5) is 13.2 Å². The number of hydrogen-bond acceptors (Lipinski definition) is 7. The molecule has 2 N–H and O–H groups in total. The van der Waals surface area contributed by atoms with Crippen LogP contribution in [0.5, 0.6) is 11.5 Å². The predicted octanol–water partition coefficient (Wildman–Crippen LogP) is 4.93. The molecule has 0 bridgehead atoms. The van der Waals surface area contributed by atoms with E-state index < -0.39 is 17.6 Å². The summed E-state index contributed by atoms with van der Waals surface area (Å²) in [7, 11) is 0. The molecule has 2 heterocycles. The van der Waals surface area contributed by atoms with Gasteiger partial charge < -0.3 is 14.2 Å². The van der Waals surface area contributed by atoms with Crippen molar-refractivity contribution >= 4 is 17.9 Å². The van der Waals surface area contributed by atoms with Crippen molar-refractivity contribution in [3.05, 3.63) is 53.6 Å². The lowest BCUT2D eigenvalue weighted by Gasteiger charge is -2.32. The third-order valence-corrected chi connectivity index (χ3v) is 7.05. The summed E-state index contributed by atoms with van der Waals surface area (Å²) in [5, 5.41) is 9.31. The molecule has 0 radical (unpaired) electrons. The van der Waals surface area contributed by atoms with E-state index in [1.54, 1.807) is 17.6 Å². The minimum Gasteiger partial charge on any atom is -0.490 e. The summed E-state index contributed by atoms with van der Waals surface area (Å²) in [5.41, 5.74) is 1.28. The number of rotatable bonds is 7. The zero-order valence-electron chi connectivity index (χ0n) is 18.9. The lowest BCUT2D eigenvalue weighted by atomic mass is 10.1. The Morgan fingerprint density at radius 3 is 2.29 bits per heavy atom. The Morgan fingerprint density at radius 2 is 1.66 bits per heavy atom. The lowest BCUT2D eigenvalue weighted by Crippen LogP contribution is -2.34. The third kappa shape index (κ3) is 6.81. The van der Waals surface area contributed by atoms with E-state index >= 15 is 0 Å². The van der Waals surface area contributed by atoms with Crippen molar-refractivity contribution in [3.63, 3.8) is 0 Å². The van der Waals surface area contributed by atoms with Crippen LogP contribution in [0.3, 0.4) is 0 Å². The van der Waals surface area contributed by atoms with E-state index in [1.165, 1.54) is 24.1 Å². The third-order valence-electron chi connectivity index (χ3n) is 5.89. The highest BCUT2D eigenvalue weighted by molar-refractivity contribution is 7.97. The van der Waals surface area contributed by atoms with Crippen LogP contribution in [0.2, 0.25) is 0 Å². The van der Waals surface area contributed by atoms with Crippen LogP contribution in [-0.2, 0) is 10.9 Å². The standard InChI is InChI=1S/C24H27F3N2O5S/c25-24(26,27)16-4-6-17(7-5-16)33-18-8-12-29(13-9-18)35-21-3-1-2-20(22(21)23(30)28-31)34-19-10-14-32-15-11-19/h1-7,18-19,31H,8-15H2,(H,28,30). The van der Waals surface area contributed by atoms with Gasteiger partial charge in [-0.2, -0.15) is 13.2 Å². The van der Waals surface area contributed by atoms with Crippen LogP contribution in [-0.4, -0.2) is 53.9 Å². The lowest BCUT2D eigenvalue weighted by molar-refractivity contribution is -0.137. The fraction of sp³-hybridized carbons (Fsp3) is 0.458. The zero-order valence-corrected chi connectivity index (χ0v) is 19.7. The van der Waals surface area contributed by atoms with Gasteiger partial charge in [-0.1, -0.05) is 6.07 Å². The molecule has 0 saturated carbocycles. The number of benzene rings is 2. The summed E-state index contributed by atoms with van der Waals surface area (Å²) in [5.74, 6) is 0.175. The van der Waals surface area contributed by atoms with Gasteiger partial charge in [0.15, 0.2) is 0 Å². The quantitative estimate of drug-likeness (QED) is 0.309. The fourth-order valence-electron chi connectivity index (χ4n) is 4.03. The summed E-state index contributed by atoms with van der Waals surface area (Å²) in [6.07, 6.45) is -1.75. The molecule has 2 saturated heterocycles. The Kier molecular flexibility index (Phi) is 8.42. The number of nitrogens with zero attached hydrogens (tertiary/aromatic N) is 1. The van der Waals surface area contributed by atoms with Gasteiger partial charge in [0.25, 0.3) is 5.91 Å². The van der Waals surface area contributed by atoms with Crippen molar-refractivity contribution in [3.8, 4) is 11.5 Å². The van der Waals surface area contributed by atoms with Gasteiger partial charge in [0.1, 0.15) is 23.7 Å². The molecule has 190 valence electrons. The number of carbonyl (C=O) groups is 1. The van der Waals surface area contributed by atoms with Gasteiger partial charge in [-0.05, 0) is 61.2 Å². The molecule has 1 amide bonds. The molecule has 35 heavy (non-hydrogen) atoms. The highest BCUT2D eigenvalue weighted by atomic mass is 32.2. The van der Waals surface area contributed by atoms with Crippen molar-refractivity contribution < 1.29 is 37.4 Å². The van der Waals surface area contributed by atoms with E-state index in [2.05, 4.69) is 4.31 Å². The van der Waals surface area contributed by atoms with Crippen LogP contribution in [0.1, 0.15) is 41.6 Å². The number of nitrogens with one attached hydrogen (secondary N) is 1. The predicted molar refractivity (Wildman–Crippen MR) is 123 cm³/mol. The average molecular weight is 513 g/mol. The van der Waals surface area contributed by atoms with Gasteiger partial charge in [-0.25, -0.2) is 9.79 Å². The first-order chi connectivity index (χ1) is 16.8. The second kappa shape index (κ2) is 11.5. The van der Waals surface area contributed by atoms with E-state index in [-0.39, 0.29) is 17.8 Å². The average Bonchev–Trinajstić information content (AvgIpc) is 2.85. The Morgan fingerprint density at radius 1 is 1.00 bits per heavy atom. The molecule has 2 aromatic carbocycles. The number of hydrogen-bond donors (Lipinski definition) is 2. The summed E-state index contributed by atoms with van der Waals surface area (Å²) in [6.45, 7) is 2.51. The van der Waals surface area contributed by atoms with E-state index in [9.17, 15) is 23.2 Å². The largest absolute Gasteiger partial charge is 0.490 e. The molecule has 2 fully saturated rings. The van der Waals surface area contributed by atoms with Crippen molar-refractivity contribution in [2.24, 2.45) is 0 Å². The van der Waals surface area contributed by atoms with E-state index in [0.29, 0.717) is 55.5 Å². The highest BCUT2D eigenvalue weighted by Gasteiger charge is 2.30. The summed E-state index contributed by atoms with van der Waals surface area (Å²) in [6, 6.07) is 10.0. The Hall–Kier alpha value is -2.47. The molecule has 0 spiro atoms. The van der Waals surface area contributed by atoms with E-state index in [0.717, 1.165) is 25.0 Å². The molecule has 7 nitrogen and oxygen atoms in total. The molecule has 0 aliphatic carbocycles. The van der Waals surface area contributed by atoms with Crippen LogP contribution in [0.15, 0.2) is 47.4 Å². The summed E-state index contributed by atoms with van der Waals surface area (Å²) in [4.78, 5) is 13.1. The summed E-state index contributed by atoms with van der Waals surface area (Å²) < 4.78 is 57.6. The van der Waals surface area contributed by atoms with Crippen LogP contribution >= 0.6 is 11.9 Å². The maximum atomic E-state index is 12.7. The molecule has 2 aliphatic heterocycles. The second-order valence-electron chi connectivity index (χ2n) is 8.36. The number of alkyl halides is 3. The van der Waals surface area contributed by atoms with Gasteiger partial charge in [0, 0.05) is 30.8 Å². The van der Waals surface area contributed by atoms with Crippen molar-refractivity contribution in [1.82, 2.24) is 9.79 Å². The fourth-order valence-corrected chi connectivity index (χ4v) is 5.13. The number of hydroxylamine groups is 1. The number of amides is 1. The van der Waals surface area contributed by atoms with Crippen molar-refractivity contribution in [2.75, 3.05) is 26.3 Å². The minimum absolute atomic E-state index is 0.0627. The Bertz CT molecular complexity index is 992. The SMILES string of the molecule is O=C(NO)c1c(OC2CCOCC2)cccc1SN1CCC(Oc2ccc(C(F)(F)F)cc2)CC1. The van der Waals surface area contributed by atoms with E-state index in [1.807, 2.05) is 6.07 Å². The smallest absolute Gasteiger partial charge is 0.416 e. The molecule has 0 aromatic heterocycles. The zero-order chi connectivity index (χ0) is 24.8. The van der Waals surface area contributed by atoms with Crippen LogP contribution in [0, 0.1) is 0 Å². The molecule has 0 unspecified atom stereocenters. The van der Waals surface area contributed by atoms with Gasteiger partial charge >= 0.3 is 6.18 Å². The second-order valence-corrected chi connectivity index (χ2v) is 9.50. The Balaban J connectivity index is 1.36. The van der Waals surface area contributed by atoms with Crippen LogP contribution in [0.25, 0.3) is 0 Å². The monoisotopic (exact) mass is 512 g/mol. The first-order valence-corrected chi connectivity index (χ1v) is 12.2. The van der Waals surface area contributed by atoms with Crippen molar-refractivity contribution in [1.29, 1.82) is 0 Å². The molecule has 11 heteroatoms. The first kappa shape index (κ1) is 25.6.